The van der Waals surface area contributed by atoms with Gasteiger partial charge in [-0.25, -0.2) is 0 Å². The van der Waals surface area contributed by atoms with Gasteiger partial charge in [-0.2, -0.15) is 0 Å². The lowest BCUT2D eigenvalue weighted by Gasteiger charge is -2.08. The van der Waals surface area contributed by atoms with Gasteiger partial charge in [-0.3, -0.25) is 4.79 Å². The van der Waals surface area contributed by atoms with Gasteiger partial charge in [0.25, 0.3) is 0 Å². The van der Waals surface area contributed by atoms with Crippen LogP contribution in [0.5, 0.6) is 5.75 Å². The zero-order valence-corrected chi connectivity index (χ0v) is 9.51. The largest absolute Gasteiger partial charge is 0.496 e. The molecule has 2 rings (SSSR count). The Kier molecular flexibility index (Phi) is 3.10. The van der Waals surface area contributed by atoms with Crippen LogP contribution in [0, 0.1) is 0 Å². The molecule has 3 nitrogen and oxygen atoms in total. The summed E-state index contributed by atoms with van der Waals surface area (Å²) in [4.78, 5) is 10.8. The Hall–Kier alpha value is -2.29. The molecular formula is C14H13NO2. The zero-order chi connectivity index (χ0) is 12.3. The smallest absolute Gasteiger partial charge is 0.241 e. The van der Waals surface area contributed by atoms with Crippen molar-refractivity contribution >= 4 is 22.8 Å². The topological polar surface area (TPSA) is 52.3 Å². The maximum absolute atomic E-state index is 10.8. The number of primary amides is 1. The summed E-state index contributed by atoms with van der Waals surface area (Å²) in [5, 5.41) is 2.13. The second-order valence-electron chi connectivity index (χ2n) is 3.64. The van der Waals surface area contributed by atoms with Crippen molar-refractivity contribution in [1.82, 2.24) is 0 Å². The van der Waals surface area contributed by atoms with E-state index in [1.54, 1.807) is 13.2 Å². The van der Waals surface area contributed by atoms with E-state index >= 15 is 0 Å². The first-order valence-electron chi connectivity index (χ1n) is 5.25. The average Bonchev–Trinajstić information content (AvgIpc) is 2.35. The molecule has 0 heterocycles. The minimum atomic E-state index is -0.472. The molecule has 0 aliphatic carbocycles. The van der Waals surface area contributed by atoms with Crippen molar-refractivity contribution in [2.24, 2.45) is 5.73 Å². The highest BCUT2D eigenvalue weighted by Gasteiger charge is 2.04. The van der Waals surface area contributed by atoms with Crippen LogP contribution in [-0.2, 0) is 4.79 Å². The number of carbonyl (C=O) groups is 1. The van der Waals surface area contributed by atoms with E-state index in [2.05, 4.69) is 0 Å². The lowest BCUT2D eigenvalue weighted by molar-refractivity contribution is -0.113. The van der Waals surface area contributed by atoms with E-state index in [0.29, 0.717) is 0 Å². The molecule has 17 heavy (non-hydrogen) atoms. The molecular weight excluding hydrogens is 214 g/mol. The van der Waals surface area contributed by atoms with Gasteiger partial charge in [-0.1, -0.05) is 30.3 Å². The third-order valence-electron chi connectivity index (χ3n) is 2.56. The summed E-state index contributed by atoms with van der Waals surface area (Å²) in [7, 11) is 1.60. The van der Waals surface area contributed by atoms with Gasteiger partial charge in [0.05, 0.1) is 7.11 Å². The first kappa shape index (κ1) is 11.2. The summed E-state index contributed by atoms with van der Waals surface area (Å²) < 4.78 is 5.28. The molecule has 0 bridgehead atoms. The fourth-order valence-electron chi connectivity index (χ4n) is 1.79. The van der Waals surface area contributed by atoms with Crippen molar-refractivity contribution in [3.8, 4) is 5.75 Å². The lowest BCUT2D eigenvalue weighted by Crippen LogP contribution is -2.05. The van der Waals surface area contributed by atoms with Gasteiger partial charge >= 0.3 is 0 Å². The second kappa shape index (κ2) is 4.70. The normalized spacial score (nSPS) is 10.9. The van der Waals surface area contributed by atoms with Gasteiger partial charge in [0.15, 0.2) is 0 Å². The van der Waals surface area contributed by atoms with Crippen LogP contribution in [0.25, 0.3) is 16.8 Å². The molecule has 0 unspecified atom stereocenters. The predicted octanol–water partition coefficient (Wildman–Crippen LogP) is 2.35. The average molecular weight is 227 g/mol. The minimum absolute atomic E-state index is 0.472. The standard InChI is InChI=1S/C14H13NO2/c1-17-13-8-6-10-4-2-3-5-11(10)12(13)7-9-14(15)16/h2-9H,1H3,(H2,15,16)/b9-7+. The molecule has 0 saturated heterocycles. The maximum Gasteiger partial charge on any atom is 0.241 e. The van der Waals surface area contributed by atoms with Gasteiger partial charge in [0.2, 0.25) is 5.91 Å². The number of rotatable bonds is 3. The van der Waals surface area contributed by atoms with E-state index in [-0.39, 0.29) is 0 Å². The van der Waals surface area contributed by atoms with Crippen molar-refractivity contribution in [2.75, 3.05) is 7.11 Å². The number of methoxy groups -OCH3 is 1. The van der Waals surface area contributed by atoms with Crippen molar-refractivity contribution in [2.45, 2.75) is 0 Å². The second-order valence-corrected chi connectivity index (χ2v) is 3.64. The van der Waals surface area contributed by atoms with Crippen LogP contribution in [0.4, 0.5) is 0 Å². The Balaban J connectivity index is 2.67. The van der Waals surface area contributed by atoms with Gasteiger partial charge in [-0.05, 0) is 22.9 Å². The first-order chi connectivity index (χ1) is 8.22. The number of hydrogen-bond donors (Lipinski definition) is 1. The van der Waals surface area contributed by atoms with E-state index in [1.807, 2.05) is 36.4 Å². The van der Waals surface area contributed by atoms with Gasteiger partial charge in [0.1, 0.15) is 5.75 Å². The highest BCUT2D eigenvalue weighted by molar-refractivity contribution is 5.97. The molecule has 1 amide bonds. The summed E-state index contributed by atoms with van der Waals surface area (Å²) >= 11 is 0. The van der Waals surface area contributed by atoms with Crippen molar-refractivity contribution in [3.63, 3.8) is 0 Å². The lowest BCUT2D eigenvalue weighted by atomic mass is 10.0. The van der Waals surface area contributed by atoms with Crippen molar-refractivity contribution in [1.29, 1.82) is 0 Å². The first-order valence-corrected chi connectivity index (χ1v) is 5.25. The number of hydrogen-bond acceptors (Lipinski definition) is 2. The Bertz CT molecular complexity index is 588. The molecule has 0 aliphatic heterocycles. The zero-order valence-electron chi connectivity index (χ0n) is 9.51. The van der Waals surface area contributed by atoms with E-state index in [0.717, 1.165) is 22.1 Å². The summed E-state index contributed by atoms with van der Waals surface area (Å²) in [6.45, 7) is 0. The molecule has 0 spiro atoms. The summed E-state index contributed by atoms with van der Waals surface area (Å²) in [6.07, 6.45) is 3.02. The summed E-state index contributed by atoms with van der Waals surface area (Å²) in [5.74, 6) is 0.251. The quantitative estimate of drug-likeness (QED) is 0.818. The summed E-state index contributed by atoms with van der Waals surface area (Å²) in [5.41, 5.74) is 5.97. The van der Waals surface area contributed by atoms with Gasteiger partial charge in [-0.15, -0.1) is 0 Å². The molecule has 0 aromatic heterocycles. The molecule has 0 aliphatic rings. The van der Waals surface area contributed by atoms with Crippen LogP contribution in [0.15, 0.2) is 42.5 Å². The summed E-state index contributed by atoms with van der Waals surface area (Å²) in [6, 6.07) is 11.8. The number of benzene rings is 2. The Morgan fingerprint density at radius 3 is 2.71 bits per heavy atom. The van der Waals surface area contributed by atoms with Crippen molar-refractivity contribution in [3.05, 3.63) is 48.0 Å². The molecule has 86 valence electrons. The van der Waals surface area contributed by atoms with E-state index in [9.17, 15) is 4.79 Å². The number of nitrogens with two attached hydrogens (primary N) is 1. The maximum atomic E-state index is 10.8. The SMILES string of the molecule is COc1ccc2ccccc2c1/C=C/C(N)=O. The van der Waals surface area contributed by atoms with Crippen molar-refractivity contribution < 1.29 is 9.53 Å². The Morgan fingerprint density at radius 1 is 1.24 bits per heavy atom. The Labute approximate surface area is 99.5 Å². The fourth-order valence-corrected chi connectivity index (χ4v) is 1.79. The fraction of sp³-hybridized carbons (Fsp3) is 0.0714. The number of amides is 1. The van der Waals surface area contributed by atoms with Crippen LogP contribution in [0.3, 0.4) is 0 Å². The molecule has 2 aromatic carbocycles. The van der Waals surface area contributed by atoms with Gasteiger partial charge < -0.3 is 10.5 Å². The predicted molar refractivity (Wildman–Crippen MR) is 68.7 cm³/mol. The number of ether oxygens (including phenoxy) is 1. The van der Waals surface area contributed by atoms with E-state index < -0.39 is 5.91 Å². The third kappa shape index (κ3) is 2.28. The molecule has 2 N–H and O–H groups in total. The number of fused-ring (bicyclic) bond motifs is 1. The molecule has 0 radical (unpaired) electrons. The monoisotopic (exact) mass is 227 g/mol. The van der Waals surface area contributed by atoms with Crippen LogP contribution >= 0.6 is 0 Å². The van der Waals surface area contributed by atoms with Crippen LogP contribution in [0.1, 0.15) is 5.56 Å². The highest BCUT2D eigenvalue weighted by atomic mass is 16.5. The molecule has 0 saturated carbocycles. The van der Waals surface area contributed by atoms with Crippen LogP contribution < -0.4 is 10.5 Å². The molecule has 2 aromatic rings. The highest BCUT2D eigenvalue weighted by Crippen LogP contribution is 2.28. The van der Waals surface area contributed by atoms with Crippen LogP contribution in [-0.4, -0.2) is 13.0 Å². The van der Waals surface area contributed by atoms with Crippen LogP contribution in [0.2, 0.25) is 0 Å². The molecule has 0 fully saturated rings. The Morgan fingerprint density at radius 2 is 2.00 bits per heavy atom. The molecule has 0 atom stereocenters. The van der Waals surface area contributed by atoms with E-state index in [4.69, 9.17) is 10.5 Å². The molecule has 3 heteroatoms. The minimum Gasteiger partial charge on any atom is -0.496 e. The van der Waals surface area contributed by atoms with Gasteiger partial charge in [0, 0.05) is 11.6 Å². The third-order valence-corrected chi connectivity index (χ3v) is 2.56. The number of carbonyl (C=O) groups excluding carboxylic acids is 1. The van der Waals surface area contributed by atoms with E-state index in [1.165, 1.54) is 6.08 Å².